The summed E-state index contributed by atoms with van der Waals surface area (Å²) in [5, 5.41) is 0.526. The van der Waals surface area contributed by atoms with E-state index >= 15 is 0 Å². The van der Waals surface area contributed by atoms with Gasteiger partial charge >= 0.3 is 12.3 Å². The summed E-state index contributed by atoms with van der Waals surface area (Å²) in [5.74, 6) is -4.15. The lowest BCUT2D eigenvalue weighted by Crippen LogP contribution is -2.36. The smallest absolute Gasteiger partial charge is 0.330 e. The van der Waals surface area contributed by atoms with Crippen LogP contribution in [0.3, 0.4) is 0 Å². The first kappa shape index (κ1) is 17.2. The largest absolute Gasteiger partial charge is 0.373 e. The van der Waals surface area contributed by atoms with Crippen LogP contribution in [0.4, 0.5) is 17.6 Å². The zero-order valence-electron chi connectivity index (χ0n) is 10.9. The van der Waals surface area contributed by atoms with E-state index < -0.39 is 25.0 Å². The summed E-state index contributed by atoms with van der Waals surface area (Å²) in [4.78, 5) is 0. The van der Waals surface area contributed by atoms with Crippen molar-refractivity contribution in [3.63, 3.8) is 0 Å². The maximum Gasteiger partial charge on any atom is 0.330 e. The first-order valence-corrected chi connectivity index (χ1v) is 6.34. The average Bonchev–Trinajstić information content (AvgIpc) is 2.32. The molecular formula is C13H16ClF4NO. The number of ether oxygens (including phenoxy) is 1. The Hall–Kier alpha value is -0.850. The summed E-state index contributed by atoms with van der Waals surface area (Å²) in [6.07, 6.45) is -3.43. The van der Waals surface area contributed by atoms with Crippen molar-refractivity contribution < 1.29 is 22.3 Å². The van der Waals surface area contributed by atoms with Crippen LogP contribution in [0.1, 0.15) is 11.1 Å². The minimum atomic E-state index is -4.15. The normalized spacial score (nSPS) is 13.8. The molecule has 0 saturated heterocycles. The van der Waals surface area contributed by atoms with Crippen LogP contribution in [-0.2, 0) is 11.2 Å². The number of benzene rings is 1. The van der Waals surface area contributed by atoms with Crippen molar-refractivity contribution >= 4 is 11.6 Å². The molecule has 0 bridgehead atoms. The van der Waals surface area contributed by atoms with E-state index in [4.69, 9.17) is 17.3 Å². The van der Waals surface area contributed by atoms with Crippen LogP contribution in [0.25, 0.3) is 0 Å². The van der Waals surface area contributed by atoms with Gasteiger partial charge in [0.2, 0.25) is 0 Å². The van der Waals surface area contributed by atoms with E-state index in [1.54, 1.807) is 12.1 Å². The van der Waals surface area contributed by atoms with Crippen molar-refractivity contribution in [1.29, 1.82) is 0 Å². The molecule has 1 unspecified atom stereocenters. The van der Waals surface area contributed by atoms with E-state index in [0.717, 1.165) is 11.1 Å². The molecule has 0 aromatic heterocycles. The summed E-state index contributed by atoms with van der Waals surface area (Å²) < 4.78 is 53.5. The molecule has 114 valence electrons. The van der Waals surface area contributed by atoms with Gasteiger partial charge in [0, 0.05) is 11.1 Å². The Morgan fingerprint density at radius 3 is 2.55 bits per heavy atom. The number of nitrogens with two attached hydrogens (primary N) is 1. The number of halogens is 5. The highest BCUT2D eigenvalue weighted by atomic mass is 35.5. The fourth-order valence-electron chi connectivity index (χ4n) is 1.57. The number of hydrogen-bond donors (Lipinski definition) is 1. The molecule has 0 saturated carbocycles. The van der Waals surface area contributed by atoms with Gasteiger partial charge in [0.15, 0.2) is 0 Å². The van der Waals surface area contributed by atoms with Gasteiger partial charge in [-0.1, -0.05) is 23.7 Å². The van der Waals surface area contributed by atoms with Crippen molar-refractivity contribution in [2.45, 2.75) is 31.7 Å². The predicted octanol–water partition coefficient (Wildman–Crippen LogP) is 3.44. The first-order chi connectivity index (χ1) is 9.22. The van der Waals surface area contributed by atoms with Crippen LogP contribution in [0.15, 0.2) is 18.2 Å². The summed E-state index contributed by atoms with van der Waals surface area (Å²) in [6, 6.07) is 4.80. The molecule has 2 N–H and O–H groups in total. The van der Waals surface area contributed by atoms with E-state index in [-0.39, 0.29) is 6.61 Å². The molecule has 0 amide bonds. The molecule has 0 aliphatic carbocycles. The summed E-state index contributed by atoms with van der Waals surface area (Å²) in [6.45, 7) is 0.289. The number of hydrogen-bond acceptors (Lipinski definition) is 2. The van der Waals surface area contributed by atoms with E-state index in [9.17, 15) is 17.6 Å². The van der Waals surface area contributed by atoms with Crippen molar-refractivity contribution in [1.82, 2.24) is 0 Å². The van der Waals surface area contributed by atoms with Crippen LogP contribution in [-0.4, -0.2) is 31.6 Å². The quantitative estimate of drug-likeness (QED) is 0.783. The van der Waals surface area contributed by atoms with Gasteiger partial charge in [-0.25, -0.2) is 8.78 Å². The van der Waals surface area contributed by atoms with E-state index in [1.165, 1.54) is 0 Å². The molecule has 0 heterocycles. The molecule has 1 rings (SSSR count). The molecular weight excluding hydrogens is 298 g/mol. The van der Waals surface area contributed by atoms with Crippen molar-refractivity contribution in [2.24, 2.45) is 5.73 Å². The molecule has 1 aromatic carbocycles. The minimum Gasteiger partial charge on any atom is -0.373 e. The van der Waals surface area contributed by atoms with Gasteiger partial charge in [-0.15, -0.1) is 0 Å². The van der Waals surface area contributed by atoms with Crippen LogP contribution >= 0.6 is 11.6 Å². The molecule has 2 nitrogen and oxygen atoms in total. The monoisotopic (exact) mass is 313 g/mol. The highest BCUT2D eigenvalue weighted by Gasteiger charge is 2.41. The third kappa shape index (κ3) is 5.26. The van der Waals surface area contributed by atoms with Gasteiger partial charge in [0.25, 0.3) is 0 Å². The highest BCUT2D eigenvalue weighted by Crippen LogP contribution is 2.23. The second kappa shape index (κ2) is 7.24. The number of aryl methyl sites for hydroxylation is 1. The summed E-state index contributed by atoms with van der Waals surface area (Å²) in [7, 11) is 0. The van der Waals surface area contributed by atoms with Crippen molar-refractivity contribution in [2.75, 3.05) is 13.2 Å². The Kier molecular flexibility index (Phi) is 6.23. The Morgan fingerprint density at radius 1 is 1.35 bits per heavy atom. The van der Waals surface area contributed by atoms with Gasteiger partial charge < -0.3 is 10.5 Å². The summed E-state index contributed by atoms with van der Waals surface area (Å²) in [5.41, 5.74) is 7.45. The maximum absolute atomic E-state index is 12.6. The van der Waals surface area contributed by atoms with Gasteiger partial charge in [-0.05, 0) is 30.5 Å². The van der Waals surface area contributed by atoms with Gasteiger partial charge in [0.05, 0.1) is 6.61 Å². The lowest BCUT2D eigenvalue weighted by atomic mass is 10.1. The Morgan fingerprint density at radius 2 is 2.00 bits per heavy atom. The van der Waals surface area contributed by atoms with Crippen LogP contribution < -0.4 is 5.73 Å². The summed E-state index contributed by atoms with van der Waals surface area (Å²) >= 11 is 6.01. The Bertz CT molecular complexity index is 442. The lowest BCUT2D eigenvalue weighted by molar-refractivity contribution is -0.166. The zero-order chi connectivity index (χ0) is 15.3. The van der Waals surface area contributed by atoms with E-state index in [2.05, 4.69) is 4.74 Å². The van der Waals surface area contributed by atoms with E-state index in [0.29, 0.717) is 11.4 Å². The molecule has 1 aromatic rings. The molecule has 0 aliphatic rings. The van der Waals surface area contributed by atoms with Crippen molar-refractivity contribution in [3.8, 4) is 0 Å². The van der Waals surface area contributed by atoms with Crippen molar-refractivity contribution in [3.05, 3.63) is 34.3 Å². The highest BCUT2D eigenvalue weighted by molar-refractivity contribution is 6.31. The molecule has 0 spiro atoms. The molecule has 0 fully saturated rings. The molecule has 0 aliphatic heterocycles. The standard InChI is InChI=1S/C13H16ClF4NO/c1-8-2-3-9(11(14)4-8)5-10(19)6-20-7-13(17,18)12(15)16/h2-4,10,12H,5-7,19H2,1H3. The first-order valence-electron chi connectivity index (χ1n) is 5.96. The van der Waals surface area contributed by atoms with Crippen LogP contribution in [0, 0.1) is 6.92 Å². The van der Waals surface area contributed by atoms with Crippen LogP contribution in [0.2, 0.25) is 5.02 Å². The van der Waals surface area contributed by atoms with E-state index in [1.807, 2.05) is 13.0 Å². The van der Waals surface area contributed by atoms with Crippen LogP contribution in [0.5, 0.6) is 0 Å². The SMILES string of the molecule is Cc1ccc(CC(N)COCC(F)(F)C(F)F)c(Cl)c1. The van der Waals surface area contributed by atoms with Gasteiger partial charge in [0.1, 0.15) is 6.61 Å². The number of rotatable bonds is 7. The average molecular weight is 314 g/mol. The third-order valence-corrected chi connectivity index (χ3v) is 2.99. The second-order valence-electron chi connectivity index (χ2n) is 4.64. The third-order valence-electron chi connectivity index (χ3n) is 2.64. The topological polar surface area (TPSA) is 35.2 Å². The fourth-order valence-corrected chi connectivity index (χ4v) is 1.88. The molecule has 0 radical (unpaired) electrons. The predicted molar refractivity (Wildman–Crippen MR) is 69.6 cm³/mol. The molecule has 20 heavy (non-hydrogen) atoms. The second-order valence-corrected chi connectivity index (χ2v) is 5.04. The molecule has 7 heteroatoms. The fraction of sp³-hybridized carbons (Fsp3) is 0.538. The number of alkyl halides is 4. The molecule has 1 atom stereocenters. The minimum absolute atomic E-state index is 0.244. The van der Waals surface area contributed by atoms with Gasteiger partial charge in [-0.3, -0.25) is 0 Å². The Labute approximate surface area is 119 Å². The lowest BCUT2D eigenvalue weighted by Gasteiger charge is -2.18. The Balaban J connectivity index is 2.42. The maximum atomic E-state index is 12.6. The zero-order valence-corrected chi connectivity index (χ0v) is 11.6. The van der Waals surface area contributed by atoms with Gasteiger partial charge in [-0.2, -0.15) is 8.78 Å².